The lowest BCUT2D eigenvalue weighted by Crippen LogP contribution is -2.68. The summed E-state index contributed by atoms with van der Waals surface area (Å²) in [5.74, 6) is -26.4. The molecule has 21 heteroatoms. The Labute approximate surface area is 169 Å². The number of esters is 1. The molecule has 0 aliphatic carbocycles. The second kappa shape index (κ2) is 8.45. The highest BCUT2D eigenvalue weighted by Gasteiger charge is 2.85. The maximum Gasteiger partial charge on any atom is 0.462 e. The second-order valence-corrected chi connectivity index (χ2v) is 5.95. The molecule has 0 aromatic rings. The smallest absolute Gasteiger partial charge is 0.458 e. The number of hydrogen-bond acceptors (Lipinski definition) is 4. The van der Waals surface area contributed by atoms with Gasteiger partial charge >= 0.3 is 54.3 Å². The number of hydrogen-bond donors (Lipinski definition) is 0. The van der Waals surface area contributed by atoms with E-state index in [2.05, 4.69) is 4.74 Å². The van der Waals surface area contributed by atoms with Gasteiger partial charge in [-0.25, -0.2) is 4.79 Å². The van der Waals surface area contributed by atoms with Crippen LogP contribution in [0.25, 0.3) is 0 Å². The zero-order valence-corrected chi connectivity index (χ0v) is 15.1. The van der Waals surface area contributed by atoms with Gasteiger partial charge in [0.1, 0.15) is 0 Å². The molecular formula is C12H7F17O4. The summed E-state index contributed by atoms with van der Waals surface area (Å²) in [7, 11) is 0. The number of halogens is 17. The quantitative estimate of drug-likeness (QED) is 0.289. The Morgan fingerprint density at radius 2 is 0.970 bits per heavy atom. The molecule has 198 valence electrons. The summed E-state index contributed by atoms with van der Waals surface area (Å²) in [5.41, 5.74) is 0. The Bertz CT molecular complexity index is 708. The van der Waals surface area contributed by atoms with Gasteiger partial charge in [0.05, 0.1) is 6.10 Å². The van der Waals surface area contributed by atoms with Gasteiger partial charge in [-0.2, -0.15) is 74.6 Å². The maximum absolute atomic E-state index is 13.9. The first-order valence-electron chi connectivity index (χ1n) is 7.33. The van der Waals surface area contributed by atoms with Gasteiger partial charge in [0.25, 0.3) is 0 Å². The van der Waals surface area contributed by atoms with E-state index in [1.165, 1.54) is 4.74 Å². The molecule has 0 saturated heterocycles. The first-order valence-corrected chi connectivity index (χ1v) is 7.33. The molecule has 0 aromatic carbocycles. The second-order valence-electron chi connectivity index (χ2n) is 5.95. The summed E-state index contributed by atoms with van der Waals surface area (Å²) in [6.45, 7) is 1.20. The van der Waals surface area contributed by atoms with Crippen molar-refractivity contribution in [1.82, 2.24) is 0 Å². The monoisotopic (exact) mass is 538 g/mol. The van der Waals surface area contributed by atoms with E-state index in [1.54, 1.807) is 0 Å². The first kappa shape index (κ1) is 31.2. The van der Waals surface area contributed by atoms with Crippen LogP contribution in [-0.4, -0.2) is 60.5 Å². The van der Waals surface area contributed by atoms with Crippen molar-refractivity contribution in [3.63, 3.8) is 0 Å². The van der Waals surface area contributed by atoms with Crippen LogP contribution in [0.15, 0.2) is 0 Å². The van der Waals surface area contributed by atoms with E-state index in [4.69, 9.17) is 0 Å². The molecule has 4 nitrogen and oxygen atoms in total. The van der Waals surface area contributed by atoms with Gasteiger partial charge in [0.2, 0.25) is 0 Å². The van der Waals surface area contributed by atoms with Gasteiger partial charge in [-0.3, -0.25) is 9.47 Å². The van der Waals surface area contributed by atoms with Crippen LogP contribution < -0.4 is 0 Å². The average Bonchev–Trinajstić information content (AvgIpc) is 2.49. The zero-order valence-electron chi connectivity index (χ0n) is 15.1. The van der Waals surface area contributed by atoms with E-state index in [-0.39, 0.29) is 0 Å². The molecule has 0 spiro atoms. The molecule has 33 heavy (non-hydrogen) atoms. The fourth-order valence-electron chi connectivity index (χ4n) is 1.44. The fraction of sp³-hybridized carbons (Fsp3) is 0.917. The van der Waals surface area contributed by atoms with E-state index in [0.29, 0.717) is 13.8 Å². The van der Waals surface area contributed by atoms with E-state index in [9.17, 15) is 79.4 Å². The third-order valence-electron chi connectivity index (χ3n) is 2.97. The van der Waals surface area contributed by atoms with Crippen LogP contribution in [0.5, 0.6) is 0 Å². The topological polar surface area (TPSA) is 44.8 Å². The van der Waals surface area contributed by atoms with Crippen LogP contribution in [0, 0.1) is 0 Å². The van der Waals surface area contributed by atoms with Crippen LogP contribution in [0.2, 0.25) is 0 Å². The van der Waals surface area contributed by atoms with Crippen molar-refractivity contribution < 1.29 is 93.6 Å². The number of ether oxygens (including phenoxy) is 3. The molecule has 0 unspecified atom stereocenters. The normalized spacial score (nSPS) is 18.7. The van der Waals surface area contributed by atoms with Crippen molar-refractivity contribution in [2.75, 3.05) is 0 Å². The number of alkyl halides is 17. The lowest BCUT2D eigenvalue weighted by molar-refractivity contribution is -0.548. The summed E-state index contributed by atoms with van der Waals surface area (Å²) < 4.78 is 225. The lowest BCUT2D eigenvalue weighted by atomic mass is 10.2. The minimum Gasteiger partial charge on any atom is -0.458 e. The zero-order chi connectivity index (χ0) is 27.3. The largest absolute Gasteiger partial charge is 0.462 e. The van der Waals surface area contributed by atoms with Crippen molar-refractivity contribution in [2.45, 2.75) is 68.3 Å². The Morgan fingerprint density at radius 3 is 1.24 bits per heavy atom. The molecule has 0 rings (SSSR count). The Hall–Kier alpha value is -1.80. The minimum atomic E-state index is -8.04. The molecule has 0 fully saturated rings. The predicted octanol–water partition coefficient (Wildman–Crippen LogP) is 5.81. The molecule has 0 heterocycles. The number of rotatable bonds is 8. The van der Waals surface area contributed by atoms with Crippen LogP contribution in [0.3, 0.4) is 0 Å². The summed E-state index contributed by atoms with van der Waals surface area (Å²) in [4.78, 5) is 11.1. The number of carbonyl (C=O) groups is 1. The van der Waals surface area contributed by atoms with E-state index >= 15 is 0 Å². The lowest BCUT2D eigenvalue weighted by Gasteiger charge is -2.40. The Kier molecular flexibility index (Phi) is 7.99. The maximum atomic E-state index is 13.9. The predicted molar refractivity (Wildman–Crippen MR) is 64.1 cm³/mol. The van der Waals surface area contributed by atoms with Crippen LogP contribution >= 0.6 is 0 Å². The number of carbonyl (C=O) groups excluding carboxylic acids is 1. The molecule has 0 aromatic heterocycles. The van der Waals surface area contributed by atoms with Crippen LogP contribution in [0.1, 0.15) is 13.8 Å². The van der Waals surface area contributed by atoms with Crippen LogP contribution in [0.4, 0.5) is 74.6 Å². The SMILES string of the molecule is CC(C)OC(=O)[C@@](F)(OC(F)(F)[C@](F)(OC(F)(F)C(F)(F)C(F)(F)F)C(F)(F)F)C(F)(F)F. The van der Waals surface area contributed by atoms with E-state index < -0.39 is 60.5 Å². The Balaban J connectivity index is 6.73. The van der Waals surface area contributed by atoms with Gasteiger partial charge in [0, 0.05) is 0 Å². The summed E-state index contributed by atoms with van der Waals surface area (Å²) >= 11 is 0. The molecular weight excluding hydrogens is 531 g/mol. The fourth-order valence-corrected chi connectivity index (χ4v) is 1.44. The van der Waals surface area contributed by atoms with E-state index in [1.807, 2.05) is 4.74 Å². The highest BCUT2D eigenvalue weighted by Crippen LogP contribution is 2.56. The highest BCUT2D eigenvalue weighted by atomic mass is 19.4. The third-order valence-corrected chi connectivity index (χ3v) is 2.97. The highest BCUT2D eigenvalue weighted by molar-refractivity contribution is 5.79. The van der Waals surface area contributed by atoms with Crippen molar-refractivity contribution in [1.29, 1.82) is 0 Å². The van der Waals surface area contributed by atoms with Crippen molar-refractivity contribution in [3.8, 4) is 0 Å². The molecule has 0 bridgehead atoms. The third kappa shape index (κ3) is 5.65. The molecule has 2 atom stereocenters. The first-order chi connectivity index (χ1) is 14.0. The van der Waals surface area contributed by atoms with Gasteiger partial charge < -0.3 is 4.74 Å². The summed E-state index contributed by atoms with van der Waals surface area (Å²) in [5, 5.41) is 0. The molecule has 0 amide bonds. The van der Waals surface area contributed by atoms with Crippen molar-refractivity contribution in [3.05, 3.63) is 0 Å². The molecule has 0 aliphatic heterocycles. The molecule has 0 aliphatic rings. The van der Waals surface area contributed by atoms with E-state index in [0.717, 1.165) is 0 Å². The molecule has 0 N–H and O–H groups in total. The standard InChI is InChI=1S/C12H7F17O4/c1-3(2)31-4(30)5(13,8(17,18)19)32-12(28,29)7(16,10(23,24)25)33-11(26,27)6(14,15)9(20,21)22/h3H,1-2H3/t5-,7-/m1/s1. The van der Waals surface area contributed by atoms with Crippen molar-refractivity contribution >= 4 is 5.97 Å². The van der Waals surface area contributed by atoms with Gasteiger partial charge in [-0.15, -0.1) is 0 Å². The molecule has 0 radical (unpaired) electrons. The summed E-state index contributed by atoms with van der Waals surface area (Å²) in [6.07, 6.45) is -40.4. The average molecular weight is 538 g/mol. The minimum absolute atomic E-state index is 0.602. The van der Waals surface area contributed by atoms with Gasteiger partial charge in [0.15, 0.2) is 0 Å². The Morgan fingerprint density at radius 1 is 0.576 bits per heavy atom. The van der Waals surface area contributed by atoms with Crippen molar-refractivity contribution in [2.24, 2.45) is 0 Å². The molecule has 0 saturated carbocycles. The van der Waals surface area contributed by atoms with Crippen LogP contribution in [-0.2, 0) is 19.0 Å². The summed E-state index contributed by atoms with van der Waals surface area (Å²) in [6, 6.07) is 0. The van der Waals surface area contributed by atoms with Gasteiger partial charge in [-0.1, -0.05) is 0 Å². The van der Waals surface area contributed by atoms with Gasteiger partial charge in [-0.05, 0) is 13.8 Å².